The van der Waals surface area contributed by atoms with Crippen LogP contribution in [0.2, 0.25) is 0 Å². The van der Waals surface area contributed by atoms with Crippen LogP contribution in [0.4, 0.5) is 13.2 Å². The number of benzene rings is 1. The Labute approximate surface area is 134 Å². The first-order chi connectivity index (χ1) is 9.75. The number of aliphatic carboxylic acids is 1. The van der Waals surface area contributed by atoms with E-state index in [-0.39, 0.29) is 6.42 Å². The van der Waals surface area contributed by atoms with Crippen LogP contribution in [-0.4, -0.2) is 16.1 Å². The molecule has 1 aromatic carbocycles. The summed E-state index contributed by atoms with van der Waals surface area (Å²) < 4.78 is 38.6. The van der Waals surface area contributed by atoms with Crippen LogP contribution in [-0.2, 0) is 17.4 Å². The summed E-state index contributed by atoms with van der Waals surface area (Å²) in [4.78, 5) is 15.3. The van der Waals surface area contributed by atoms with Gasteiger partial charge in [0, 0.05) is 14.7 Å². The minimum Gasteiger partial charge on any atom is -0.481 e. The topological polar surface area (TPSA) is 50.2 Å². The molecule has 1 aromatic heterocycles. The maximum absolute atomic E-state index is 12.6. The number of rotatable bonds is 4. The molecule has 1 heterocycles. The van der Waals surface area contributed by atoms with E-state index in [2.05, 4.69) is 20.9 Å². The molecule has 0 spiro atoms. The Morgan fingerprint density at radius 3 is 2.71 bits per heavy atom. The molecule has 2 rings (SSSR count). The standard InChI is InChI=1S/C12H7BrF3NO2S2/c13-8-3-6(12(14,15)16)1-2-9(8)21-11-17-7(5-20-11)4-10(18)19/h1-3,5H,4H2,(H,18,19). The van der Waals surface area contributed by atoms with E-state index in [4.69, 9.17) is 5.11 Å². The van der Waals surface area contributed by atoms with E-state index in [1.165, 1.54) is 29.2 Å². The summed E-state index contributed by atoms with van der Waals surface area (Å²) >= 11 is 5.54. The fraction of sp³-hybridized carbons (Fsp3) is 0.167. The lowest BCUT2D eigenvalue weighted by atomic mass is 10.2. The summed E-state index contributed by atoms with van der Waals surface area (Å²) in [7, 11) is 0. The van der Waals surface area contributed by atoms with E-state index in [1.54, 1.807) is 5.38 Å². The Balaban J connectivity index is 2.16. The van der Waals surface area contributed by atoms with Crippen molar-refractivity contribution in [2.45, 2.75) is 21.8 Å². The fourth-order valence-corrected chi connectivity index (χ4v) is 3.84. The molecule has 1 N–H and O–H groups in total. The van der Waals surface area contributed by atoms with Crippen molar-refractivity contribution in [1.29, 1.82) is 0 Å². The Hall–Kier alpha value is -1.06. The molecule has 0 unspecified atom stereocenters. The van der Waals surface area contributed by atoms with Crippen molar-refractivity contribution in [2.24, 2.45) is 0 Å². The minimum atomic E-state index is -4.39. The van der Waals surface area contributed by atoms with E-state index < -0.39 is 17.7 Å². The summed E-state index contributed by atoms with van der Waals surface area (Å²) in [5, 5.41) is 10.3. The van der Waals surface area contributed by atoms with Crippen LogP contribution < -0.4 is 0 Å². The number of hydrogen-bond donors (Lipinski definition) is 1. The second kappa shape index (κ2) is 6.37. The van der Waals surface area contributed by atoms with Gasteiger partial charge in [0.05, 0.1) is 17.7 Å². The SMILES string of the molecule is O=C(O)Cc1csc(Sc2ccc(C(F)(F)F)cc2Br)n1. The smallest absolute Gasteiger partial charge is 0.416 e. The molecule has 0 saturated heterocycles. The van der Waals surface area contributed by atoms with Crippen molar-refractivity contribution in [3.05, 3.63) is 39.3 Å². The van der Waals surface area contributed by atoms with Gasteiger partial charge in [-0.15, -0.1) is 11.3 Å². The van der Waals surface area contributed by atoms with Gasteiger partial charge in [-0.25, -0.2) is 4.98 Å². The average molecular weight is 398 g/mol. The second-order valence-electron chi connectivity index (χ2n) is 3.92. The zero-order valence-electron chi connectivity index (χ0n) is 10.1. The van der Waals surface area contributed by atoms with Crippen LogP contribution in [0.5, 0.6) is 0 Å². The maximum atomic E-state index is 12.6. The molecule has 0 saturated carbocycles. The third kappa shape index (κ3) is 4.45. The van der Waals surface area contributed by atoms with Gasteiger partial charge in [0.2, 0.25) is 0 Å². The Kier molecular flexibility index (Phi) is 4.95. The molecule has 0 amide bonds. The Morgan fingerprint density at radius 2 is 2.14 bits per heavy atom. The van der Waals surface area contributed by atoms with Gasteiger partial charge >= 0.3 is 12.1 Å². The first kappa shape index (κ1) is 16.3. The molecule has 0 atom stereocenters. The van der Waals surface area contributed by atoms with Crippen LogP contribution >= 0.6 is 39.0 Å². The summed E-state index contributed by atoms with van der Waals surface area (Å²) in [6.07, 6.45) is -4.56. The quantitative estimate of drug-likeness (QED) is 0.811. The van der Waals surface area contributed by atoms with Crippen molar-refractivity contribution in [2.75, 3.05) is 0 Å². The normalized spacial score (nSPS) is 11.6. The number of alkyl halides is 3. The lowest BCUT2D eigenvalue weighted by Gasteiger charge is -2.08. The molecule has 9 heteroatoms. The van der Waals surface area contributed by atoms with E-state index in [1.807, 2.05) is 0 Å². The first-order valence-electron chi connectivity index (χ1n) is 5.46. The molecule has 0 fully saturated rings. The number of halogens is 4. The van der Waals surface area contributed by atoms with Crippen LogP contribution in [0.1, 0.15) is 11.3 Å². The van der Waals surface area contributed by atoms with Crippen LogP contribution in [0.3, 0.4) is 0 Å². The number of carbonyl (C=O) groups is 1. The van der Waals surface area contributed by atoms with Crippen molar-refractivity contribution >= 4 is 45.0 Å². The molecule has 0 radical (unpaired) electrons. The van der Waals surface area contributed by atoms with Gasteiger partial charge in [-0.3, -0.25) is 4.79 Å². The minimum absolute atomic E-state index is 0.175. The van der Waals surface area contributed by atoms with E-state index in [9.17, 15) is 18.0 Å². The van der Waals surface area contributed by atoms with E-state index in [0.29, 0.717) is 19.4 Å². The largest absolute Gasteiger partial charge is 0.481 e. The third-order valence-corrected chi connectivity index (χ3v) is 5.30. The lowest BCUT2D eigenvalue weighted by molar-refractivity contribution is -0.138. The van der Waals surface area contributed by atoms with Gasteiger partial charge in [0.15, 0.2) is 4.34 Å². The van der Waals surface area contributed by atoms with Gasteiger partial charge in [-0.1, -0.05) is 11.8 Å². The lowest BCUT2D eigenvalue weighted by Crippen LogP contribution is -2.04. The molecule has 0 bridgehead atoms. The summed E-state index contributed by atoms with van der Waals surface area (Å²) in [6.45, 7) is 0. The van der Waals surface area contributed by atoms with Gasteiger partial charge in [-0.2, -0.15) is 13.2 Å². The highest BCUT2D eigenvalue weighted by Gasteiger charge is 2.30. The summed E-state index contributed by atoms with van der Waals surface area (Å²) in [5.41, 5.74) is -0.303. The maximum Gasteiger partial charge on any atom is 0.416 e. The average Bonchev–Trinajstić information content (AvgIpc) is 2.77. The van der Waals surface area contributed by atoms with Crippen molar-refractivity contribution in [3.8, 4) is 0 Å². The zero-order chi connectivity index (χ0) is 15.6. The monoisotopic (exact) mass is 397 g/mol. The highest BCUT2D eigenvalue weighted by Crippen LogP contribution is 2.38. The molecule has 0 aliphatic carbocycles. The van der Waals surface area contributed by atoms with Gasteiger partial charge in [-0.05, 0) is 34.1 Å². The van der Waals surface area contributed by atoms with Crippen LogP contribution in [0.25, 0.3) is 0 Å². The van der Waals surface area contributed by atoms with Crippen molar-refractivity contribution in [3.63, 3.8) is 0 Å². The number of aromatic nitrogens is 1. The number of carboxylic acids is 1. The molecule has 3 nitrogen and oxygen atoms in total. The number of carboxylic acid groups (broad SMARTS) is 1. The number of nitrogens with zero attached hydrogens (tertiary/aromatic N) is 1. The Morgan fingerprint density at radius 1 is 1.43 bits per heavy atom. The molecule has 0 aliphatic heterocycles. The van der Waals surface area contributed by atoms with Gasteiger partial charge in [0.1, 0.15) is 0 Å². The molecule has 0 aliphatic rings. The highest BCUT2D eigenvalue weighted by atomic mass is 79.9. The molecule has 2 aromatic rings. The summed E-state index contributed by atoms with van der Waals surface area (Å²) in [6, 6.07) is 3.36. The highest BCUT2D eigenvalue weighted by molar-refractivity contribution is 9.10. The van der Waals surface area contributed by atoms with Gasteiger partial charge < -0.3 is 5.11 Å². The predicted molar refractivity (Wildman–Crippen MR) is 76.7 cm³/mol. The molecule has 112 valence electrons. The molecular formula is C12H7BrF3NO2S2. The van der Waals surface area contributed by atoms with Gasteiger partial charge in [0.25, 0.3) is 0 Å². The van der Waals surface area contributed by atoms with E-state index in [0.717, 1.165) is 12.1 Å². The number of thiazole rings is 1. The third-order valence-electron chi connectivity index (χ3n) is 2.32. The second-order valence-corrected chi connectivity index (χ2v) is 6.92. The van der Waals surface area contributed by atoms with Crippen molar-refractivity contribution in [1.82, 2.24) is 4.98 Å². The fourth-order valence-electron chi connectivity index (χ4n) is 1.43. The molecular weight excluding hydrogens is 391 g/mol. The van der Waals surface area contributed by atoms with Crippen molar-refractivity contribution < 1.29 is 23.1 Å². The zero-order valence-corrected chi connectivity index (χ0v) is 13.4. The Bertz CT molecular complexity index is 673. The van der Waals surface area contributed by atoms with Crippen LogP contribution in [0, 0.1) is 0 Å². The summed E-state index contributed by atoms with van der Waals surface area (Å²) in [5.74, 6) is -0.979. The first-order valence-corrected chi connectivity index (χ1v) is 7.95. The van der Waals surface area contributed by atoms with E-state index >= 15 is 0 Å². The molecule has 21 heavy (non-hydrogen) atoms. The number of hydrogen-bond acceptors (Lipinski definition) is 4. The van der Waals surface area contributed by atoms with Crippen LogP contribution in [0.15, 0.2) is 37.3 Å². The predicted octanol–water partition coefficient (Wildman–Crippen LogP) is 4.70.